The molecule has 1 aliphatic carbocycles. The quantitative estimate of drug-likeness (QED) is 0.691. The van der Waals surface area contributed by atoms with Crippen molar-refractivity contribution in [3.05, 3.63) is 59.1 Å². The molecule has 1 saturated carbocycles. The number of benzene rings is 1. The lowest BCUT2D eigenvalue weighted by Gasteiger charge is -2.23. The van der Waals surface area contributed by atoms with Gasteiger partial charge in [0.15, 0.2) is 0 Å². The molecule has 30 heavy (non-hydrogen) atoms. The number of hydrogen-bond acceptors (Lipinski definition) is 6. The van der Waals surface area contributed by atoms with Crippen molar-refractivity contribution in [1.82, 2.24) is 25.0 Å². The molecule has 1 atom stereocenters. The molecule has 1 aliphatic heterocycles. The van der Waals surface area contributed by atoms with Crippen molar-refractivity contribution < 1.29 is 9.50 Å². The minimum atomic E-state index is -0.419. The third-order valence-electron chi connectivity index (χ3n) is 6.22. The molecule has 1 N–H and O–H groups in total. The Hall–Kier alpha value is -2.32. The SMILES string of the molecule is Cc1ccc(-c2ccc(C3(c4nnc5n4CCS[C@@](C)(CO)C5)CC3)c(F)c2)nn1. The second-order valence-corrected chi connectivity index (χ2v) is 10.2. The van der Waals surface area contributed by atoms with Crippen LogP contribution in [0.15, 0.2) is 30.3 Å². The van der Waals surface area contributed by atoms with Crippen LogP contribution in [-0.2, 0) is 18.4 Å². The third kappa shape index (κ3) is 3.22. The van der Waals surface area contributed by atoms with E-state index in [-0.39, 0.29) is 17.2 Å². The summed E-state index contributed by atoms with van der Waals surface area (Å²) in [6.07, 6.45) is 2.37. The van der Waals surface area contributed by atoms with Crippen LogP contribution in [0.25, 0.3) is 11.3 Å². The lowest BCUT2D eigenvalue weighted by Crippen LogP contribution is -2.28. The molecule has 5 rings (SSSR count). The molecule has 2 aromatic heterocycles. The highest BCUT2D eigenvalue weighted by atomic mass is 32.2. The molecule has 8 heteroatoms. The topological polar surface area (TPSA) is 76.7 Å². The van der Waals surface area contributed by atoms with E-state index >= 15 is 4.39 Å². The minimum absolute atomic E-state index is 0.100. The summed E-state index contributed by atoms with van der Waals surface area (Å²) in [5.41, 5.74) is 2.46. The molecule has 156 valence electrons. The van der Waals surface area contributed by atoms with E-state index in [0.717, 1.165) is 48.0 Å². The van der Waals surface area contributed by atoms with Gasteiger partial charge in [-0.15, -0.1) is 10.2 Å². The second kappa shape index (κ2) is 7.13. The highest BCUT2D eigenvalue weighted by Crippen LogP contribution is 2.54. The van der Waals surface area contributed by atoms with Crippen LogP contribution in [0.1, 0.15) is 42.7 Å². The zero-order valence-corrected chi connectivity index (χ0v) is 17.9. The van der Waals surface area contributed by atoms with Gasteiger partial charge in [-0.05, 0) is 44.9 Å². The zero-order chi connectivity index (χ0) is 20.9. The number of thioether (sulfide) groups is 1. The van der Waals surface area contributed by atoms with E-state index in [1.165, 1.54) is 0 Å². The van der Waals surface area contributed by atoms with Crippen molar-refractivity contribution in [3.8, 4) is 11.3 Å². The number of aliphatic hydroxyl groups excluding tert-OH is 1. The lowest BCUT2D eigenvalue weighted by atomic mass is 9.92. The zero-order valence-electron chi connectivity index (χ0n) is 17.1. The van der Waals surface area contributed by atoms with Crippen LogP contribution in [0.2, 0.25) is 0 Å². The Labute approximate surface area is 179 Å². The molecule has 3 aromatic rings. The number of aromatic nitrogens is 5. The molecule has 6 nitrogen and oxygen atoms in total. The van der Waals surface area contributed by atoms with Gasteiger partial charge < -0.3 is 9.67 Å². The van der Waals surface area contributed by atoms with E-state index in [1.54, 1.807) is 17.8 Å². The van der Waals surface area contributed by atoms with Gasteiger partial charge in [0.25, 0.3) is 0 Å². The normalized spacial score (nSPS) is 22.4. The summed E-state index contributed by atoms with van der Waals surface area (Å²) in [4.78, 5) is 0. The number of halogens is 1. The van der Waals surface area contributed by atoms with Crippen LogP contribution >= 0.6 is 11.8 Å². The molecular formula is C22H24FN5OS. The Morgan fingerprint density at radius 2 is 1.97 bits per heavy atom. The number of rotatable bonds is 4. The number of hydrogen-bond donors (Lipinski definition) is 1. The van der Waals surface area contributed by atoms with E-state index < -0.39 is 5.41 Å². The number of fused-ring (bicyclic) bond motifs is 1. The number of aryl methyl sites for hydroxylation is 1. The third-order valence-corrected chi connectivity index (χ3v) is 7.57. The van der Waals surface area contributed by atoms with Gasteiger partial charge in [0.2, 0.25) is 0 Å². The fourth-order valence-electron chi connectivity index (χ4n) is 4.28. The molecule has 1 aromatic carbocycles. The van der Waals surface area contributed by atoms with Crippen LogP contribution < -0.4 is 0 Å². The predicted molar refractivity (Wildman–Crippen MR) is 114 cm³/mol. The van der Waals surface area contributed by atoms with Gasteiger partial charge in [-0.2, -0.15) is 22.0 Å². The first-order valence-corrected chi connectivity index (χ1v) is 11.2. The van der Waals surface area contributed by atoms with Crippen molar-refractivity contribution >= 4 is 11.8 Å². The van der Waals surface area contributed by atoms with E-state index in [4.69, 9.17) is 0 Å². The van der Waals surface area contributed by atoms with Gasteiger partial charge in [-0.25, -0.2) is 4.39 Å². The molecule has 3 heterocycles. The predicted octanol–water partition coefficient (Wildman–Crippen LogP) is 3.30. The van der Waals surface area contributed by atoms with Crippen LogP contribution in [-0.4, -0.2) is 47.2 Å². The Morgan fingerprint density at radius 1 is 1.13 bits per heavy atom. The van der Waals surface area contributed by atoms with E-state index in [2.05, 4.69) is 31.9 Å². The van der Waals surface area contributed by atoms with Crippen molar-refractivity contribution in [3.63, 3.8) is 0 Å². The smallest absolute Gasteiger partial charge is 0.143 e. The summed E-state index contributed by atoms with van der Waals surface area (Å²) >= 11 is 1.76. The summed E-state index contributed by atoms with van der Waals surface area (Å²) < 4.78 is 17.2. The Bertz CT molecular complexity index is 1100. The van der Waals surface area contributed by atoms with Gasteiger partial charge in [0.1, 0.15) is 17.5 Å². The summed E-state index contributed by atoms with van der Waals surface area (Å²) in [5.74, 6) is 2.36. The van der Waals surface area contributed by atoms with E-state index in [1.807, 2.05) is 31.2 Å². The molecule has 0 saturated heterocycles. The molecule has 0 amide bonds. The van der Waals surface area contributed by atoms with Crippen LogP contribution in [0.4, 0.5) is 4.39 Å². The van der Waals surface area contributed by atoms with E-state index in [9.17, 15) is 5.11 Å². The number of nitrogens with zero attached hydrogens (tertiary/aromatic N) is 5. The maximum atomic E-state index is 15.3. The van der Waals surface area contributed by atoms with Gasteiger partial charge in [0.05, 0.1) is 23.4 Å². The largest absolute Gasteiger partial charge is 0.395 e. The number of aliphatic hydroxyl groups is 1. The Morgan fingerprint density at radius 3 is 2.63 bits per heavy atom. The molecule has 2 aliphatic rings. The summed E-state index contributed by atoms with van der Waals surface area (Å²) in [7, 11) is 0. The van der Waals surface area contributed by atoms with Crippen LogP contribution in [0, 0.1) is 12.7 Å². The van der Waals surface area contributed by atoms with Gasteiger partial charge in [-0.3, -0.25) is 0 Å². The first-order valence-electron chi connectivity index (χ1n) is 10.2. The average Bonchev–Trinajstić information content (AvgIpc) is 3.48. The van der Waals surface area contributed by atoms with Crippen molar-refractivity contribution in [1.29, 1.82) is 0 Å². The average molecular weight is 426 g/mol. The van der Waals surface area contributed by atoms with Crippen molar-refractivity contribution in [2.75, 3.05) is 12.4 Å². The molecule has 0 radical (unpaired) electrons. The first kappa shape index (κ1) is 19.6. The second-order valence-electron chi connectivity index (χ2n) is 8.56. The van der Waals surface area contributed by atoms with Gasteiger partial charge in [0, 0.05) is 34.6 Å². The lowest BCUT2D eigenvalue weighted by molar-refractivity contribution is 0.254. The first-order chi connectivity index (χ1) is 14.4. The molecule has 0 spiro atoms. The molecule has 0 unspecified atom stereocenters. The van der Waals surface area contributed by atoms with Crippen molar-refractivity contribution in [2.45, 2.75) is 49.8 Å². The molecule has 1 fully saturated rings. The maximum absolute atomic E-state index is 15.3. The van der Waals surface area contributed by atoms with Crippen LogP contribution in [0.5, 0.6) is 0 Å². The van der Waals surface area contributed by atoms with Gasteiger partial charge >= 0.3 is 0 Å². The summed E-state index contributed by atoms with van der Waals surface area (Å²) in [5, 5.41) is 27.0. The minimum Gasteiger partial charge on any atom is -0.395 e. The highest BCUT2D eigenvalue weighted by molar-refractivity contribution is 8.00. The van der Waals surface area contributed by atoms with Crippen LogP contribution in [0.3, 0.4) is 0 Å². The standard InChI is InChI=1S/C22H24FN5OS/c1-14-3-6-18(25-24-14)15-4-5-16(17(23)11-15)22(7-8-22)20-27-26-19-12-21(2,13-29)30-10-9-28(19)20/h3-6,11,29H,7-10,12-13H2,1-2H3/t21-/m1/s1. The maximum Gasteiger partial charge on any atom is 0.143 e. The molecular weight excluding hydrogens is 401 g/mol. The van der Waals surface area contributed by atoms with E-state index in [0.29, 0.717) is 17.7 Å². The van der Waals surface area contributed by atoms with Crippen molar-refractivity contribution in [2.24, 2.45) is 0 Å². The Balaban J connectivity index is 1.51. The monoisotopic (exact) mass is 425 g/mol. The fraction of sp³-hybridized carbons (Fsp3) is 0.455. The summed E-state index contributed by atoms with van der Waals surface area (Å²) in [6.45, 7) is 4.81. The summed E-state index contributed by atoms with van der Waals surface area (Å²) in [6, 6.07) is 9.06. The molecule has 0 bridgehead atoms. The highest BCUT2D eigenvalue weighted by Gasteiger charge is 2.52. The Kier molecular flexibility index (Phi) is 4.67. The van der Waals surface area contributed by atoms with Gasteiger partial charge in [-0.1, -0.05) is 12.1 Å². The fourth-order valence-corrected chi connectivity index (χ4v) is 5.37.